The second-order valence-corrected chi connectivity index (χ2v) is 4.31. The van der Waals surface area contributed by atoms with Crippen molar-refractivity contribution in [1.82, 2.24) is 0 Å². The van der Waals surface area contributed by atoms with E-state index in [-0.39, 0.29) is 11.8 Å². The number of halogens is 3. The number of hydrogen-bond acceptors (Lipinski definition) is 1. The summed E-state index contributed by atoms with van der Waals surface area (Å²) in [5, 5.41) is 0. The summed E-state index contributed by atoms with van der Waals surface area (Å²) in [7, 11) is 0. The molecule has 0 aromatic carbocycles. The van der Waals surface area contributed by atoms with Crippen LogP contribution in [0.5, 0.6) is 0 Å². The minimum absolute atomic E-state index is 0.0166. The summed E-state index contributed by atoms with van der Waals surface area (Å²) in [5.41, 5.74) is -4.17. The van der Waals surface area contributed by atoms with Crippen molar-refractivity contribution in [1.29, 1.82) is 0 Å². The Morgan fingerprint density at radius 1 is 1.12 bits per heavy atom. The van der Waals surface area contributed by atoms with Crippen LogP contribution < -0.4 is 0 Å². The molecule has 0 aromatic rings. The predicted octanol–water partition coefficient (Wildman–Crippen LogP) is 5.45. The summed E-state index contributed by atoms with van der Waals surface area (Å²) in [6, 6.07) is 0. The van der Waals surface area contributed by atoms with Gasteiger partial charge in [-0.05, 0) is 49.8 Å². The van der Waals surface area contributed by atoms with Gasteiger partial charge in [-0.15, -0.1) is 0 Å². The number of thioether (sulfide) groups is 1. The van der Waals surface area contributed by atoms with Crippen LogP contribution in [0.2, 0.25) is 0 Å². The quantitative estimate of drug-likeness (QED) is 0.565. The molecular formula is C12H17F3S. The molecule has 0 radical (unpaired) electrons. The van der Waals surface area contributed by atoms with Crippen LogP contribution in [0.3, 0.4) is 0 Å². The molecule has 0 nitrogen and oxygen atoms in total. The van der Waals surface area contributed by atoms with E-state index in [9.17, 15) is 13.2 Å². The smallest absolute Gasteiger partial charge is 0.160 e. The van der Waals surface area contributed by atoms with Crippen molar-refractivity contribution in [2.24, 2.45) is 0 Å². The van der Waals surface area contributed by atoms with Crippen molar-refractivity contribution in [2.45, 2.75) is 38.6 Å². The Labute approximate surface area is 99.3 Å². The van der Waals surface area contributed by atoms with E-state index < -0.39 is 5.51 Å². The molecule has 0 saturated carbocycles. The monoisotopic (exact) mass is 250 g/mol. The molecule has 0 unspecified atom stereocenters. The minimum Gasteiger partial charge on any atom is -0.160 e. The van der Waals surface area contributed by atoms with Gasteiger partial charge in [0.25, 0.3) is 0 Å². The molecule has 0 rings (SSSR count). The Morgan fingerprint density at radius 2 is 1.81 bits per heavy atom. The molecule has 0 fully saturated rings. The van der Waals surface area contributed by atoms with Crippen molar-refractivity contribution in [3.8, 4) is 0 Å². The average Bonchev–Trinajstić information content (AvgIpc) is 2.19. The van der Waals surface area contributed by atoms with Crippen molar-refractivity contribution in [2.75, 3.05) is 0 Å². The minimum atomic E-state index is -4.17. The number of alkyl halides is 3. The second-order valence-electron chi connectivity index (χ2n) is 3.12. The fraction of sp³-hybridized carbons (Fsp3) is 0.500. The maximum absolute atomic E-state index is 12.1. The van der Waals surface area contributed by atoms with E-state index in [0.29, 0.717) is 17.7 Å². The molecular weight excluding hydrogens is 233 g/mol. The Kier molecular flexibility index (Phi) is 8.16. The molecule has 16 heavy (non-hydrogen) atoms. The largest absolute Gasteiger partial charge is 0.446 e. The standard InChI is InChI=1S/C12H17F3S/c1-3-5-6-7-8-9-10-11(4-2)16-12(13,14)15/h3-5,7-8H,6,9-10H2,1-2H3/b5-3+,8-7-,11-4+. The van der Waals surface area contributed by atoms with E-state index in [2.05, 4.69) is 0 Å². The molecule has 0 saturated heterocycles. The lowest BCUT2D eigenvalue weighted by Crippen LogP contribution is -2.00. The summed E-state index contributed by atoms with van der Waals surface area (Å²) in [5.74, 6) is 0. The summed E-state index contributed by atoms with van der Waals surface area (Å²) >= 11 is -0.0166. The van der Waals surface area contributed by atoms with Gasteiger partial charge in [0.15, 0.2) is 0 Å². The first kappa shape index (κ1) is 15.4. The molecule has 0 aliphatic heterocycles. The first-order chi connectivity index (χ1) is 7.49. The van der Waals surface area contributed by atoms with Gasteiger partial charge in [-0.3, -0.25) is 0 Å². The Bertz CT molecular complexity index is 262. The molecule has 0 atom stereocenters. The Balaban J connectivity index is 3.85. The van der Waals surface area contributed by atoms with Gasteiger partial charge in [-0.1, -0.05) is 30.4 Å². The molecule has 0 amide bonds. The highest BCUT2D eigenvalue weighted by Gasteiger charge is 2.29. The maximum Gasteiger partial charge on any atom is 0.446 e. The predicted molar refractivity (Wildman–Crippen MR) is 65.2 cm³/mol. The summed E-state index contributed by atoms with van der Waals surface area (Å²) < 4.78 is 36.2. The van der Waals surface area contributed by atoms with E-state index in [1.54, 1.807) is 6.92 Å². The fourth-order valence-corrected chi connectivity index (χ4v) is 1.69. The first-order valence-corrected chi connectivity index (χ1v) is 5.98. The maximum atomic E-state index is 12.1. The van der Waals surface area contributed by atoms with Gasteiger partial charge in [0.2, 0.25) is 0 Å². The lowest BCUT2D eigenvalue weighted by atomic mass is 10.2. The first-order valence-electron chi connectivity index (χ1n) is 5.16. The highest BCUT2D eigenvalue weighted by molar-refractivity contribution is 8.03. The van der Waals surface area contributed by atoms with Crippen LogP contribution in [-0.2, 0) is 0 Å². The van der Waals surface area contributed by atoms with Gasteiger partial charge >= 0.3 is 5.51 Å². The van der Waals surface area contributed by atoms with Crippen LogP contribution in [0.1, 0.15) is 33.1 Å². The highest BCUT2D eigenvalue weighted by Crippen LogP contribution is 2.38. The third-order valence-electron chi connectivity index (χ3n) is 1.80. The lowest BCUT2D eigenvalue weighted by Gasteiger charge is -2.07. The van der Waals surface area contributed by atoms with Crippen LogP contribution in [-0.4, -0.2) is 5.51 Å². The van der Waals surface area contributed by atoms with Crippen LogP contribution in [0.25, 0.3) is 0 Å². The zero-order valence-electron chi connectivity index (χ0n) is 9.55. The number of allylic oxidation sites excluding steroid dienone is 6. The molecule has 0 bridgehead atoms. The Hall–Kier alpha value is -0.640. The lowest BCUT2D eigenvalue weighted by molar-refractivity contribution is -0.0322. The van der Waals surface area contributed by atoms with Gasteiger partial charge in [0.05, 0.1) is 0 Å². The third kappa shape index (κ3) is 9.90. The SMILES string of the molecule is C/C=C/C/C=C\CC/C(=C\C)SC(F)(F)F. The van der Waals surface area contributed by atoms with Crippen LogP contribution in [0.4, 0.5) is 13.2 Å². The third-order valence-corrected chi connectivity index (χ3v) is 2.73. The summed E-state index contributed by atoms with van der Waals surface area (Å²) in [6.07, 6.45) is 11.3. The molecule has 0 heterocycles. The topological polar surface area (TPSA) is 0 Å². The highest BCUT2D eigenvalue weighted by atomic mass is 32.2. The molecule has 0 spiro atoms. The van der Waals surface area contributed by atoms with Crippen molar-refractivity contribution < 1.29 is 13.2 Å². The molecule has 4 heteroatoms. The zero-order valence-corrected chi connectivity index (χ0v) is 10.4. The summed E-state index contributed by atoms with van der Waals surface area (Å²) in [6.45, 7) is 3.57. The van der Waals surface area contributed by atoms with E-state index in [0.717, 1.165) is 6.42 Å². The normalized spacial score (nSPS) is 14.2. The van der Waals surface area contributed by atoms with Gasteiger partial charge in [-0.2, -0.15) is 13.2 Å². The van der Waals surface area contributed by atoms with Crippen molar-refractivity contribution in [3.63, 3.8) is 0 Å². The van der Waals surface area contributed by atoms with E-state index in [1.165, 1.54) is 6.08 Å². The average molecular weight is 250 g/mol. The second kappa shape index (κ2) is 8.50. The van der Waals surface area contributed by atoms with Crippen molar-refractivity contribution >= 4 is 11.8 Å². The zero-order chi connectivity index (χ0) is 12.4. The van der Waals surface area contributed by atoms with Crippen LogP contribution in [0, 0.1) is 0 Å². The van der Waals surface area contributed by atoms with E-state index >= 15 is 0 Å². The van der Waals surface area contributed by atoms with Gasteiger partial charge in [-0.25, -0.2) is 0 Å². The Morgan fingerprint density at radius 3 is 2.31 bits per heavy atom. The molecule has 92 valence electrons. The van der Waals surface area contributed by atoms with Crippen LogP contribution in [0.15, 0.2) is 35.3 Å². The summed E-state index contributed by atoms with van der Waals surface area (Å²) in [4.78, 5) is 0.378. The molecule has 0 aliphatic rings. The van der Waals surface area contributed by atoms with Gasteiger partial charge in [0, 0.05) is 0 Å². The number of hydrogen-bond donors (Lipinski definition) is 0. The van der Waals surface area contributed by atoms with Gasteiger partial charge < -0.3 is 0 Å². The molecule has 0 aliphatic carbocycles. The van der Waals surface area contributed by atoms with E-state index in [4.69, 9.17) is 0 Å². The molecule has 0 aromatic heterocycles. The fourth-order valence-electron chi connectivity index (χ4n) is 1.06. The van der Waals surface area contributed by atoms with Crippen molar-refractivity contribution in [3.05, 3.63) is 35.3 Å². The molecule has 0 N–H and O–H groups in total. The number of rotatable bonds is 6. The van der Waals surface area contributed by atoms with Gasteiger partial charge in [0.1, 0.15) is 0 Å². The van der Waals surface area contributed by atoms with E-state index in [1.807, 2.05) is 31.2 Å². The van der Waals surface area contributed by atoms with Crippen LogP contribution >= 0.6 is 11.8 Å².